The van der Waals surface area contributed by atoms with Crippen LogP contribution in [0.15, 0.2) is 91.5 Å². The third-order valence-corrected chi connectivity index (χ3v) is 5.02. The molecule has 0 radical (unpaired) electrons. The minimum atomic E-state index is -0.278. The highest BCUT2D eigenvalue weighted by atomic mass is 19.1. The quantitative estimate of drug-likeness (QED) is 0.470. The molecule has 1 N–H and O–H groups in total. The molecule has 0 saturated carbocycles. The molecule has 7 heteroatoms. The molecule has 0 atom stereocenters. The predicted molar refractivity (Wildman–Crippen MR) is 115 cm³/mol. The Morgan fingerprint density at radius 1 is 1.00 bits per heavy atom. The first kappa shape index (κ1) is 18.7. The van der Waals surface area contributed by atoms with Gasteiger partial charge in [-0.05, 0) is 59.2 Å². The summed E-state index contributed by atoms with van der Waals surface area (Å²) in [6, 6.07) is 19.7. The number of carbonyl (C=O) groups excluding carboxylic acids is 1. The number of fused-ring (bicyclic) bond motifs is 1. The van der Waals surface area contributed by atoms with E-state index < -0.39 is 0 Å². The molecule has 0 saturated heterocycles. The third-order valence-electron chi connectivity index (χ3n) is 5.02. The molecule has 152 valence electrons. The second kappa shape index (κ2) is 7.87. The lowest BCUT2D eigenvalue weighted by Gasteiger charge is -2.07. The maximum absolute atomic E-state index is 13.6. The molecule has 0 fully saturated rings. The Bertz CT molecular complexity index is 1370. The first-order chi connectivity index (χ1) is 15.2. The molecule has 0 spiro atoms. The SMILES string of the molecule is O=C(NCc1cccnc1)c1ccn(-c2ccc3ccc(-c4cccc(F)c4)cn23)n1. The lowest BCUT2D eigenvalue weighted by Crippen LogP contribution is -2.23. The molecule has 4 heterocycles. The molecular formula is C24H18FN5O. The van der Waals surface area contributed by atoms with Crippen molar-refractivity contribution in [2.75, 3.05) is 0 Å². The summed E-state index contributed by atoms with van der Waals surface area (Å²) in [5.74, 6) is 0.239. The van der Waals surface area contributed by atoms with Gasteiger partial charge in [0.1, 0.15) is 11.6 Å². The Morgan fingerprint density at radius 3 is 2.74 bits per heavy atom. The Kier molecular flexibility index (Phi) is 4.76. The Balaban J connectivity index is 1.41. The van der Waals surface area contributed by atoms with Crippen molar-refractivity contribution >= 4 is 11.4 Å². The Labute approximate surface area is 177 Å². The molecule has 6 nitrogen and oxygen atoms in total. The topological polar surface area (TPSA) is 64.2 Å². The van der Waals surface area contributed by atoms with Crippen LogP contribution in [0.25, 0.3) is 22.5 Å². The number of benzene rings is 1. The lowest BCUT2D eigenvalue weighted by molar-refractivity contribution is 0.0945. The summed E-state index contributed by atoms with van der Waals surface area (Å²) in [5, 5.41) is 7.29. The maximum Gasteiger partial charge on any atom is 0.272 e. The highest BCUT2D eigenvalue weighted by molar-refractivity contribution is 5.92. The van der Waals surface area contributed by atoms with Crippen LogP contribution >= 0.6 is 0 Å². The smallest absolute Gasteiger partial charge is 0.272 e. The minimum absolute atomic E-state index is 0.260. The van der Waals surface area contributed by atoms with E-state index in [1.807, 2.05) is 53.1 Å². The van der Waals surface area contributed by atoms with E-state index in [1.165, 1.54) is 12.1 Å². The van der Waals surface area contributed by atoms with Crippen LogP contribution in [0.4, 0.5) is 4.39 Å². The number of pyridine rings is 2. The minimum Gasteiger partial charge on any atom is -0.347 e. The van der Waals surface area contributed by atoms with Crippen molar-refractivity contribution < 1.29 is 9.18 Å². The van der Waals surface area contributed by atoms with Crippen LogP contribution in [0.2, 0.25) is 0 Å². The fourth-order valence-electron chi connectivity index (χ4n) is 3.46. The fourth-order valence-corrected chi connectivity index (χ4v) is 3.46. The van der Waals surface area contributed by atoms with Crippen molar-refractivity contribution in [1.82, 2.24) is 24.5 Å². The highest BCUT2D eigenvalue weighted by Gasteiger charge is 2.12. The van der Waals surface area contributed by atoms with E-state index >= 15 is 0 Å². The van der Waals surface area contributed by atoms with Crippen molar-refractivity contribution in [2.24, 2.45) is 0 Å². The molecule has 0 aliphatic rings. The van der Waals surface area contributed by atoms with Crippen LogP contribution in [0, 0.1) is 5.82 Å². The lowest BCUT2D eigenvalue weighted by atomic mass is 10.1. The van der Waals surface area contributed by atoms with Crippen LogP contribution in [0.1, 0.15) is 16.1 Å². The number of rotatable bonds is 5. The van der Waals surface area contributed by atoms with E-state index in [0.29, 0.717) is 12.2 Å². The van der Waals surface area contributed by atoms with E-state index in [-0.39, 0.29) is 11.7 Å². The zero-order valence-corrected chi connectivity index (χ0v) is 16.4. The van der Waals surface area contributed by atoms with Crippen LogP contribution in [-0.2, 0) is 6.54 Å². The number of halogens is 1. The van der Waals surface area contributed by atoms with Gasteiger partial charge in [0, 0.05) is 36.8 Å². The van der Waals surface area contributed by atoms with Gasteiger partial charge in [-0.25, -0.2) is 9.07 Å². The van der Waals surface area contributed by atoms with Gasteiger partial charge in [0.05, 0.1) is 0 Å². The van der Waals surface area contributed by atoms with E-state index in [1.54, 1.807) is 35.4 Å². The van der Waals surface area contributed by atoms with Crippen LogP contribution < -0.4 is 5.32 Å². The average Bonchev–Trinajstić information content (AvgIpc) is 3.45. The molecule has 4 aromatic heterocycles. The van der Waals surface area contributed by atoms with Crippen LogP contribution in [0.3, 0.4) is 0 Å². The number of nitrogens with zero attached hydrogens (tertiary/aromatic N) is 4. The third kappa shape index (κ3) is 3.81. The van der Waals surface area contributed by atoms with E-state index in [2.05, 4.69) is 15.4 Å². The van der Waals surface area contributed by atoms with Crippen molar-refractivity contribution in [3.05, 3.63) is 109 Å². The number of hydrogen-bond donors (Lipinski definition) is 1. The summed E-state index contributed by atoms with van der Waals surface area (Å²) in [6.07, 6.45) is 7.08. The summed E-state index contributed by atoms with van der Waals surface area (Å²) in [5.41, 5.74) is 3.87. The van der Waals surface area contributed by atoms with Crippen molar-refractivity contribution in [3.8, 4) is 16.9 Å². The maximum atomic E-state index is 13.6. The molecule has 5 aromatic rings. The molecule has 31 heavy (non-hydrogen) atoms. The molecule has 1 aromatic carbocycles. The fraction of sp³-hybridized carbons (Fsp3) is 0.0417. The van der Waals surface area contributed by atoms with Crippen molar-refractivity contribution in [3.63, 3.8) is 0 Å². The molecule has 0 bridgehead atoms. The zero-order chi connectivity index (χ0) is 21.2. The normalized spacial score (nSPS) is 11.0. The van der Waals surface area contributed by atoms with Gasteiger partial charge >= 0.3 is 0 Å². The number of amides is 1. The standard InChI is InChI=1S/C24H18FN5O/c25-20-5-1-4-18(13-20)19-6-7-21-8-9-23(29(21)16-19)30-12-10-22(28-30)24(31)27-15-17-3-2-11-26-14-17/h1-14,16H,15H2,(H,27,31). The largest absolute Gasteiger partial charge is 0.347 e. The van der Waals surface area contributed by atoms with Gasteiger partial charge in [-0.3, -0.25) is 9.78 Å². The van der Waals surface area contributed by atoms with E-state index in [4.69, 9.17) is 0 Å². The monoisotopic (exact) mass is 411 g/mol. The number of aromatic nitrogens is 4. The average molecular weight is 411 g/mol. The van der Waals surface area contributed by atoms with Gasteiger partial charge < -0.3 is 9.72 Å². The van der Waals surface area contributed by atoms with Gasteiger partial charge in [-0.2, -0.15) is 5.10 Å². The summed E-state index contributed by atoms with van der Waals surface area (Å²) < 4.78 is 17.3. The molecular weight excluding hydrogens is 393 g/mol. The molecule has 0 aliphatic carbocycles. The summed E-state index contributed by atoms with van der Waals surface area (Å²) in [4.78, 5) is 16.5. The second-order valence-corrected chi connectivity index (χ2v) is 7.10. The second-order valence-electron chi connectivity index (χ2n) is 7.10. The predicted octanol–water partition coefficient (Wildman–Crippen LogP) is 4.26. The Hall–Kier alpha value is -4.26. The number of carbonyl (C=O) groups is 1. The van der Waals surface area contributed by atoms with Crippen LogP contribution in [-0.4, -0.2) is 25.1 Å². The van der Waals surface area contributed by atoms with E-state index in [9.17, 15) is 9.18 Å². The number of hydrogen-bond acceptors (Lipinski definition) is 3. The molecule has 1 amide bonds. The van der Waals surface area contributed by atoms with Gasteiger partial charge in [-0.15, -0.1) is 0 Å². The first-order valence-corrected chi connectivity index (χ1v) is 9.77. The molecule has 0 unspecified atom stereocenters. The molecule has 5 rings (SSSR count). The summed E-state index contributed by atoms with van der Waals surface area (Å²) in [7, 11) is 0. The van der Waals surface area contributed by atoms with Gasteiger partial charge in [0.2, 0.25) is 0 Å². The first-order valence-electron chi connectivity index (χ1n) is 9.77. The van der Waals surface area contributed by atoms with Crippen molar-refractivity contribution in [1.29, 1.82) is 0 Å². The van der Waals surface area contributed by atoms with Gasteiger partial charge in [-0.1, -0.05) is 24.3 Å². The summed E-state index contributed by atoms with van der Waals surface area (Å²) >= 11 is 0. The highest BCUT2D eigenvalue weighted by Crippen LogP contribution is 2.23. The van der Waals surface area contributed by atoms with Crippen molar-refractivity contribution in [2.45, 2.75) is 6.54 Å². The molecule has 0 aliphatic heterocycles. The number of nitrogens with one attached hydrogen (secondary N) is 1. The van der Waals surface area contributed by atoms with E-state index in [0.717, 1.165) is 28.0 Å². The van der Waals surface area contributed by atoms with Crippen LogP contribution in [0.5, 0.6) is 0 Å². The Morgan fingerprint density at radius 2 is 1.90 bits per heavy atom. The van der Waals surface area contributed by atoms with Gasteiger partial charge in [0.25, 0.3) is 5.91 Å². The van der Waals surface area contributed by atoms with Gasteiger partial charge in [0.15, 0.2) is 5.69 Å². The summed E-state index contributed by atoms with van der Waals surface area (Å²) in [6.45, 7) is 0.380. The zero-order valence-electron chi connectivity index (χ0n) is 16.4.